The lowest BCUT2D eigenvalue weighted by Crippen LogP contribution is -2.09. The monoisotopic (exact) mass is 349 g/mol. The van der Waals surface area contributed by atoms with Gasteiger partial charge in [-0.2, -0.15) is 4.98 Å². The fourth-order valence-electron chi connectivity index (χ4n) is 3.50. The van der Waals surface area contributed by atoms with E-state index in [1.54, 1.807) is 6.07 Å². The van der Waals surface area contributed by atoms with Gasteiger partial charge in [0.25, 0.3) is 0 Å². The first-order valence-corrected chi connectivity index (χ1v) is 8.81. The number of aromatic amines is 1. The molecule has 0 saturated carbocycles. The summed E-state index contributed by atoms with van der Waals surface area (Å²) < 4.78 is 5.19. The second kappa shape index (κ2) is 6.71. The van der Waals surface area contributed by atoms with E-state index in [1.165, 1.54) is 23.4 Å². The largest absolute Gasteiger partial charge is 0.339 e. The van der Waals surface area contributed by atoms with Gasteiger partial charge in [0.2, 0.25) is 17.3 Å². The molecule has 1 aliphatic rings. The highest BCUT2D eigenvalue weighted by atomic mass is 16.5. The Morgan fingerprint density at radius 3 is 2.92 bits per heavy atom. The Hall–Kier alpha value is -3.02. The van der Waals surface area contributed by atoms with Crippen molar-refractivity contribution in [2.75, 3.05) is 0 Å². The predicted octanol–water partition coefficient (Wildman–Crippen LogP) is 3.29. The molecule has 1 N–H and O–H groups in total. The number of hydrogen-bond acceptors (Lipinski definition) is 5. The highest BCUT2D eigenvalue weighted by Crippen LogP contribution is 2.37. The zero-order valence-electron chi connectivity index (χ0n) is 14.5. The lowest BCUT2D eigenvalue weighted by atomic mass is 9.93. The van der Waals surface area contributed by atoms with Crippen molar-refractivity contribution in [2.24, 2.45) is 0 Å². The lowest BCUT2D eigenvalue weighted by molar-refractivity contribution is 0.0973. The molecule has 0 bridgehead atoms. The van der Waals surface area contributed by atoms with Gasteiger partial charge in [-0.25, -0.2) is 0 Å². The molecule has 6 nitrogen and oxygen atoms in total. The van der Waals surface area contributed by atoms with Crippen LogP contribution in [0.1, 0.15) is 53.1 Å². The van der Waals surface area contributed by atoms with Crippen molar-refractivity contribution in [3.8, 4) is 11.4 Å². The maximum absolute atomic E-state index is 12.5. The molecule has 26 heavy (non-hydrogen) atoms. The van der Waals surface area contributed by atoms with E-state index in [4.69, 9.17) is 4.52 Å². The molecule has 3 aromatic rings. The molecule has 2 aromatic heterocycles. The number of carbonyl (C=O) groups is 1. The van der Waals surface area contributed by atoms with Crippen molar-refractivity contribution in [1.29, 1.82) is 0 Å². The summed E-state index contributed by atoms with van der Waals surface area (Å²) in [6, 6.07) is 9.14. The van der Waals surface area contributed by atoms with E-state index in [0.717, 1.165) is 18.4 Å². The Labute approximate surface area is 150 Å². The molecule has 0 aliphatic heterocycles. The zero-order chi connectivity index (χ0) is 18.1. The topological polar surface area (TPSA) is 88.9 Å². The minimum atomic E-state index is -0.201. The van der Waals surface area contributed by atoms with Gasteiger partial charge in [-0.3, -0.25) is 9.59 Å². The van der Waals surface area contributed by atoms with Crippen LogP contribution in [0.4, 0.5) is 0 Å². The van der Waals surface area contributed by atoms with Crippen molar-refractivity contribution in [3.63, 3.8) is 0 Å². The van der Waals surface area contributed by atoms with E-state index in [9.17, 15) is 9.59 Å². The Balaban J connectivity index is 1.53. The van der Waals surface area contributed by atoms with E-state index < -0.39 is 0 Å². The summed E-state index contributed by atoms with van der Waals surface area (Å²) in [6.45, 7) is 1.98. The Kier molecular flexibility index (Phi) is 4.24. The van der Waals surface area contributed by atoms with E-state index in [-0.39, 0.29) is 17.3 Å². The van der Waals surface area contributed by atoms with Gasteiger partial charge in [0, 0.05) is 36.2 Å². The number of carbonyl (C=O) groups excluding carboxylic acids is 1. The number of H-pyrrole nitrogens is 1. The minimum Gasteiger partial charge on any atom is -0.339 e. The predicted molar refractivity (Wildman–Crippen MR) is 96.2 cm³/mol. The summed E-state index contributed by atoms with van der Waals surface area (Å²) in [5, 5.41) is 4.03. The normalized spacial score (nSPS) is 15.8. The van der Waals surface area contributed by atoms with E-state index >= 15 is 0 Å². The third-order valence-corrected chi connectivity index (χ3v) is 4.91. The maximum Gasteiger partial charge on any atom is 0.247 e. The summed E-state index contributed by atoms with van der Waals surface area (Å²) in [5.41, 5.74) is 3.75. The Bertz CT molecular complexity index is 999. The van der Waals surface area contributed by atoms with Crippen LogP contribution in [0.5, 0.6) is 0 Å². The molecule has 1 aliphatic carbocycles. The minimum absolute atomic E-state index is 0.0499. The zero-order valence-corrected chi connectivity index (χ0v) is 14.5. The smallest absolute Gasteiger partial charge is 0.247 e. The van der Waals surface area contributed by atoms with Crippen LogP contribution < -0.4 is 5.56 Å². The number of nitrogens with zero attached hydrogens (tertiary/aromatic N) is 2. The van der Waals surface area contributed by atoms with Crippen LogP contribution in [0.3, 0.4) is 0 Å². The highest BCUT2D eigenvalue weighted by molar-refractivity contribution is 5.96. The molecule has 1 atom stereocenters. The molecular weight excluding hydrogens is 330 g/mol. The van der Waals surface area contributed by atoms with Crippen molar-refractivity contribution >= 4 is 5.78 Å². The van der Waals surface area contributed by atoms with Gasteiger partial charge in [0.1, 0.15) is 0 Å². The van der Waals surface area contributed by atoms with Crippen molar-refractivity contribution < 1.29 is 9.32 Å². The highest BCUT2D eigenvalue weighted by Gasteiger charge is 2.26. The second-order valence-electron chi connectivity index (χ2n) is 6.58. The van der Waals surface area contributed by atoms with Crippen LogP contribution in [-0.2, 0) is 12.8 Å². The molecule has 4 rings (SSSR count). The van der Waals surface area contributed by atoms with E-state index in [1.807, 2.05) is 13.0 Å². The first-order chi connectivity index (χ1) is 12.6. The first-order valence-electron chi connectivity index (χ1n) is 8.81. The number of aryl methyl sites for hydroxylation is 2. The Morgan fingerprint density at radius 1 is 1.31 bits per heavy atom. The van der Waals surface area contributed by atoms with Gasteiger partial charge in [0.05, 0.1) is 0 Å². The molecule has 0 unspecified atom stereocenters. The number of rotatable bonds is 5. The van der Waals surface area contributed by atoms with Gasteiger partial charge in [-0.15, -0.1) is 0 Å². The molecule has 0 saturated heterocycles. The van der Waals surface area contributed by atoms with Crippen molar-refractivity contribution in [2.45, 2.75) is 38.5 Å². The molecule has 0 radical (unpaired) electrons. The maximum atomic E-state index is 12.5. The van der Waals surface area contributed by atoms with Crippen molar-refractivity contribution in [3.05, 3.63) is 69.5 Å². The van der Waals surface area contributed by atoms with Crippen LogP contribution in [0.2, 0.25) is 0 Å². The molecule has 132 valence electrons. The number of fused-ring (bicyclic) bond motifs is 1. The standard InChI is InChI=1S/C20H19N3O3/c1-2-19-22-20(23-26-19)14-5-7-16-12(9-14)3-4-13(16)10-17(24)15-6-8-18(25)21-11-15/h5-9,11,13H,2-4,10H2,1H3,(H,21,25)/t13-/m0/s1. The quantitative estimate of drug-likeness (QED) is 0.714. The Morgan fingerprint density at radius 2 is 2.19 bits per heavy atom. The summed E-state index contributed by atoms with van der Waals surface area (Å²) in [4.78, 5) is 30.6. The number of ketones is 1. The molecule has 2 heterocycles. The number of hydrogen-bond donors (Lipinski definition) is 1. The fraction of sp³-hybridized carbons (Fsp3) is 0.300. The number of aromatic nitrogens is 3. The molecule has 1 aromatic carbocycles. The van der Waals surface area contributed by atoms with Crippen molar-refractivity contribution in [1.82, 2.24) is 15.1 Å². The van der Waals surface area contributed by atoms with Gasteiger partial charge in [-0.05, 0) is 42.0 Å². The second-order valence-corrected chi connectivity index (χ2v) is 6.58. The molecule has 0 spiro atoms. The van der Waals surface area contributed by atoms with Gasteiger partial charge in [-0.1, -0.05) is 24.2 Å². The van der Waals surface area contributed by atoms with Gasteiger partial charge < -0.3 is 9.51 Å². The van der Waals surface area contributed by atoms with Crippen LogP contribution in [0, 0.1) is 0 Å². The van der Waals surface area contributed by atoms with Crippen LogP contribution in [-0.4, -0.2) is 20.9 Å². The van der Waals surface area contributed by atoms with Crippen LogP contribution in [0.15, 0.2) is 45.8 Å². The summed E-state index contributed by atoms with van der Waals surface area (Å²) in [5.74, 6) is 1.49. The molecule has 6 heteroatoms. The third-order valence-electron chi connectivity index (χ3n) is 4.91. The molecule has 0 amide bonds. The average Bonchev–Trinajstić information content (AvgIpc) is 3.29. The molecular formula is C20H19N3O3. The number of Topliss-reactive ketones (excluding diaryl/α,β-unsaturated/α-hetero) is 1. The lowest BCUT2D eigenvalue weighted by Gasteiger charge is -2.11. The van der Waals surface area contributed by atoms with E-state index in [2.05, 4.69) is 27.3 Å². The third kappa shape index (κ3) is 3.10. The number of nitrogens with one attached hydrogen (secondary N) is 1. The van der Waals surface area contributed by atoms with Crippen LogP contribution >= 0.6 is 0 Å². The molecule has 0 fully saturated rings. The first kappa shape index (κ1) is 16.4. The van der Waals surface area contributed by atoms with E-state index in [0.29, 0.717) is 30.1 Å². The average molecular weight is 349 g/mol. The summed E-state index contributed by atoms with van der Waals surface area (Å²) >= 11 is 0. The number of benzene rings is 1. The van der Waals surface area contributed by atoms with Crippen LogP contribution in [0.25, 0.3) is 11.4 Å². The SMILES string of the molecule is CCc1nc(-c2ccc3c(c2)CC[C@H]3CC(=O)c2ccc(=O)[nH]c2)no1. The van der Waals surface area contributed by atoms with Gasteiger partial charge >= 0.3 is 0 Å². The summed E-state index contributed by atoms with van der Waals surface area (Å²) in [6.07, 6.45) is 4.53. The summed E-state index contributed by atoms with van der Waals surface area (Å²) in [7, 11) is 0. The van der Waals surface area contributed by atoms with Gasteiger partial charge in [0.15, 0.2) is 5.78 Å². The fourth-order valence-corrected chi connectivity index (χ4v) is 3.50. The number of pyridine rings is 1.